The summed E-state index contributed by atoms with van der Waals surface area (Å²) in [5, 5.41) is 2.29. The minimum atomic E-state index is -0.928. The van der Waals surface area contributed by atoms with E-state index in [1.54, 1.807) is 4.90 Å². The van der Waals surface area contributed by atoms with Crippen LogP contribution in [0.15, 0.2) is 12.1 Å². The predicted molar refractivity (Wildman–Crippen MR) is 94.8 cm³/mol. The molecular weight excluding hydrogens is 342 g/mol. The van der Waals surface area contributed by atoms with E-state index in [2.05, 4.69) is 5.32 Å². The lowest BCUT2D eigenvalue weighted by Crippen LogP contribution is -2.39. The van der Waals surface area contributed by atoms with Crippen LogP contribution in [-0.2, 0) is 9.59 Å². The molecule has 8 heteroatoms. The van der Waals surface area contributed by atoms with Crippen molar-refractivity contribution in [2.24, 2.45) is 11.1 Å². The zero-order valence-electron chi connectivity index (χ0n) is 15.0. The third kappa shape index (κ3) is 3.51. The SMILES string of the molecule is CC1(C)CN(C(=O)C(=O)Nc2cc(F)c(N3CCCC3)c(F)c2)CC1N. The predicted octanol–water partition coefficient (Wildman–Crippen LogP) is 1.70. The van der Waals surface area contributed by atoms with Crippen LogP contribution in [0.5, 0.6) is 0 Å². The standard InChI is InChI=1S/C18H24F2N4O2/c1-18(2)10-24(9-14(18)21)17(26)16(25)22-11-7-12(19)15(13(20)8-11)23-5-3-4-6-23/h7-8,14H,3-6,9-10,21H2,1-2H3,(H,22,25). The van der Waals surface area contributed by atoms with Crippen LogP contribution in [0.3, 0.4) is 0 Å². The Morgan fingerprint density at radius 3 is 2.27 bits per heavy atom. The number of anilines is 2. The summed E-state index contributed by atoms with van der Waals surface area (Å²) in [5.41, 5.74) is 5.53. The Labute approximate surface area is 151 Å². The first-order valence-electron chi connectivity index (χ1n) is 8.79. The van der Waals surface area contributed by atoms with Crippen molar-refractivity contribution in [3.05, 3.63) is 23.8 Å². The van der Waals surface area contributed by atoms with Gasteiger partial charge in [-0.15, -0.1) is 0 Å². The largest absolute Gasteiger partial charge is 0.367 e. The van der Waals surface area contributed by atoms with Gasteiger partial charge in [-0.3, -0.25) is 9.59 Å². The number of amides is 2. The van der Waals surface area contributed by atoms with E-state index in [0.29, 0.717) is 19.6 Å². The number of likely N-dealkylation sites (tertiary alicyclic amines) is 1. The number of nitrogens with two attached hydrogens (primary N) is 1. The van der Waals surface area contributed by atoms with Crippen LogP contribution in [0.25, 0.3) is 0 Å². The van der Waals surface area contributed by atoms with Crippen LogP contribution in [0, 0.1) is 17.0 Å². The monoisotopic (exact) mass is 366 g/mol. The number of nitrogens with zero attached hydrogens (tertiary/aromatic N) is 2. The molecule has 2 fully saturated rings. The van der Waals surface area contributed by atoms with Gasteiger partial charge in [-0.05, 0) is 30.4 Å². The average Bonchev–Trinajstić information content (AvgIpc) is 3.14. The third-order valence-corrected chi connectivity index (χ3v) is 5.20. The molecule has 3 rings (SSSR count). The highest BCUT2D eigenvalue weighted by molar-refractivity contribution is 6.39. The van der Waals surface area contributed by atoms with Crippen molar-refractivity contribution < 1.29 is 18.4 Å². The summed E-state index contributed by atoms with van der Waals surface area (Å²) in [5.74, 6) is -3.18. The van der Waals surface area contributed by atoms with Gasteiger partial charge in [-0.25, -0.2) is 8.78 Å². The maximum atomic E-state index is 14.3. The van der Waals surface area contributed by atoms with E-state index in [-0.39, 0.29) is 29.4 Å². The maximum absolute atomic E-state index is 14.3. The molecule has 26 heavy (non-hydrogen) atoms. The molecule has 2 amide bonds. The van der Waals surface area contributed by atoms with E-state index in [1.165, 1.54) is 4.90 Å². The van der Waals surface area contributed by atoms with Gasteiger partial charge in [-0.1, -0.05) is 13.8 Å². The summed E-state index contributed by atoms with van der Waals surface area (Å²) in [7, 11) is 0. The Morgan fingerprint density at radius 1 is 1.19 bits per heavy atom. The molecule has 1 aromatic carbocycles. The summed E-state index contributed by atoms with van der Waals surface area (Å²) in [6, 6.07) is 1.86. The molecule has 0 spiro atoms. The number of nitrogens with one attached hydrogen (secondary N) is 1. The van der Waals surface area contributed by atoms with Gasteiger partial charge in [0, 0.05) is 37.9 Å². The molecule has 0 bridgehead atoms. The lowest BCUT2D eigenvalue weighted by molar-refractivity contribution is -0.142. The zero-order valence-corrected chi connectivity index (χ0v) is 15.0. The topological polar surface area (TPSA) is 78.7 Å². The summed E-state index contributed by atoms with van der Waals surface area (Å²) >= 11 is 0. The number of rotatable bonds is 2. The average molecular weight is 366 g/mol. The van der Waals surface area contributed by atoms with Gasteiger partial charge in [0.2, 0.25) is 0 Å². The summed E-state index contributed by atoms with van der Waals surface area (Å²) < 4.78 is 28.6. The highest BCUT2D eigenvalue weighted by atomic mass is 19.1. The number of hydrogen-bond acceptors (Lipinski definition) is 4. The molecule has 2 heterocycles. The molecule has 142 valence electrons. The Kier molecular flexibility index (Phi) is 4.88. The third-order valence-electron chi connectivity index (χ3n) is 5.20. The number of carbonyl (C=O) groups is 2. The summed E-state index contributed by atoms with van der Waals surface area (Å²) in [4.78, 5) is 27.5. The lowest BCUT2D eigenvalue weighted by Gasteiger charge is -2.21. The normalized spacial score (nSPS) is 22.0. The second-order valence-corrected chi connectivity index (χ2v) is 7.72. The second-order valence-electron chi connectivity index (χ2n) is 7.72. The molecule has 2 aliphatic rings. The molecule has 6 nitrogen and oxygen atoms in total. The molecule has 0 aromatic heterocycles. The van der Waals surface area contributed by atoms with Crippen LogP contribution in [0.4, 0.5) is 20.2 Å². The molecule has 1 atom stereocenters. The van der Waals surface area contributed by atoms with Gasteiger partial charge >= 0.3 is 11.8 Å². The molecule has 1 aromatic rings. The lowest BCUT2D eigenvalue weighted by atomic mass is 9.89. The fourth-order valence-electron chi connectivity index (χ4n) is 3.52. The molecule has 0 saturated carbocycles. The highest BCUT2D eigenvalue weighted by Crippen LogP contribution is 2.30. The quantitative estimate of drug-likeness (QED) is 0.781. The van der Waals surface area contributed by atoms with Gasteiger partial charge in [0.15, 0.2) is 11.6 Å². The van der Waals surface area contributed by atoms with Crippen molar-refractivity contribution in [3.8, 4) is 0 Å². The van der Waals surface area contributed by atoms with Crippen LogP contribution in [-0.4, -0.2) is 48.9 Å². The molecule has 1 unspecified atom stereocenters. The van der Waals surface area contributed by atoms with Crippen molar-refractivity contribution in [1.82, 2.24) is 4.90 Å². The van der Waals surface area contributed by atoms with Crippen molar-refractivity contribution in [1.29, 1.82) is 0 Å². The van der Waals surface area contributed by atoms with Crippen LogP contribution in [0.1, 0.15) is 26.7 Å². The van der Waals surface area contributed by atoms with Crippen molar-refractivity contribution in [2.45, 2.75) is 32.7 Å². The fourth-order valence-corrected chi connectivity index (χ4v) is 3.52. The van der Waals surface area contributed by atoms with E-state index in [1.807, 2.05) is 13.8 Å². The number of halogens is 2. The number of benzene rings is 1. The molecule has 3 N–H and O–H groups in total. The summed E-state index contributed by atoms with van der Waals surface area (Å²) in [6.07, 6.45) is 1.78. The Morgan fingerprint density at radius 2 is 1.77 bits per heavy atom. The van der Waals surface area contributed by atoms with Gasteiger partial charge < -0.3 is 20.9 Å². The van der Waals surface area contributed by atoms with Crippen molar-refractivity contribution in [3.63, 3.8) is 0 Å². The summed E-state index contributed by atoms with van der Waals surface area (Å²) in [6.45, 7) is 5.67. The molecule has 0 aliphatic carbocycles. The molecule has 0 radical (unpaired) electrons. The van der Waals surface area contributed by atoms with Crippen LogP contribution >= 0.6 is 0 Å². The first-order valence-corrected chi connectivity index (χ1v) is 8.79. The van der Waals surface area contributed by atoms with Crippen LogP contribution in [0.2, 0.25) is 0 Å². The van der Waals surface area contributed by atoms with E-state index in [4.69, 9.17) is 5.73 Å². The minimum Gasteiger partial charge on any atom is -0.367 e. The zero-order chi connectivity index (χ0) is 19.1. The number of carbonyl (C=O) groups excluding carboxylic acids is 2. The Bertz CT molecular complexity index is 709. The van der Waals surface area contributed by atoms with Crippen LogP contribution < -0.4 is 16.0 Å². The fraction of sp³-hybridized carbons (Fsp3) is 0.556. The highest BCUT2D eigenvalue weighted by Gasteiger charge is 2.40. The van der Waals surface area contributed by atoms with Gasteiger partial charge in [0.1, 0.15) is 5.69 Å². The molecule has 2 saturated heterocycles. The van der Waals surface area contributed by atoms with Gasteiger partial charge in [-0.2, -0.15) is 0 Å². The Hall–Kier alpha value is -2.22. The first-order chi connectivity index (χ1) is 12.2. The first kappa shape index (κ1) is 18.6. The van der Waals surface area contributed by atoms with E-state index in [9.17, 15) is 18.4 Å². The minimum absolute atomic E-state index is 0.0796. The van der Waals surface area contributed by atoms with Gasteiger partial charge in [0.25, 0.3) is 0 Å². The number of hydrogen-bond donors (Lipinski definition) is 2. The van der Waals surface area contributed by atoms with E-state index < -0.39 is 23.4 Å². The second kappa shape index (κ2) is 6.83. The maximum Gasteiger partial charge on any atom is 0.313 e. The molecular formula is C18H24F2N4O2. The van der Waals surface area contributed by atoms with Crippen molar-refractivity contribution >= 4 is 23.2 Å². The smallest absolute Gasteiger partial charge is 0.313 e. The Balaban J connectivity index is 1.70. The van der Waals surface area contributed by atoms with E-state index >= 15 is 0 Å². The molecule has 2 aliphatic heterocycles. The van der Waals surface area contributed by atoms with Gasteiger partial charge in [0.05, 0.1) is 0 Å². The van der Waals surface area contributed by atoms with Crippen molar-refractivity contribution in [2.75, 3.05) is 36.4 Å². The van der Waals surface area contributed by atoms with E-state index in [0.717, 1.165) is 25.0 Å².